The van der Waals surface area contributed by atoms with Crippen LogP contribution in [0.2, 0.25) is 0 Å². The van der Waals surface area contributed by atoms with Gasteiger partial charge in [0.2, 0.25) is 11.8 Å². The van der Waals surface area contributed by atoms with Gasteiger partial charge in [-0.2, -0.15) is 0 Å². The maximum atomic E-state index is 13.7. The number of nitrogens with zero attached hydrogens (tertiary/aromatic N) is 1. The minimum absolute atomic E-state index is 0.0335. The van der Waals surface area contributed by atoms with Crippen molar-refractivity contribution in [2.75, 3.05) is 7.05 Å². The lowest BCUT2D eigenvalue weighted by molar-refractivity contribution is -0.140. The van der Waals surface area contributed by atoms with Crippen LogP contribution in [0.3, 0.4) is 0 Å². The number of nitrogens with one attached hydrogen (secondary N) is 2. The summed E-state index contributed by atoms with van der Waals surface area (Å²) < 4.78 is 0. The Kier molecular flexibility index (Phi) is 10.9. The van der Waals surface area contributed by atoms with E-state index in [1.807, 2.05) is 41.5 Å². The van der Waals surface area contributed by atoms with E-state index >= 15 is 0 Å². The molecule has 0 aromatic heterocycles. The van der Waals surface area contributed by atoms with Crippen LogP contribution in [0.5, 0.6) is 0 Å². The predicted octanol–water partition coefficient (Wildman–Crippen LogP) is 3.73. The molecule has 184 valence electrons. The summed E-state index contributed by atoms with van der Waals surface area (Å²) >= 11 is 0. The quantitative estimate of drug-likeness (QED) is 0.393. The summed E-state index contributed by atoms with van der Waals surface area (Å²) in [5.41, 5.74) is -0.511. The highest BCUT2D eigenvalue weighted by Gasteiger charge is 2.41. The number of amides is 2. The predicted molar refractivity (Wildman–Crippen MR) is 128 cm³/mol. The van der Waals surface area contributed by atoms with Crippen molar-refractivity contribution in [3.8, 4) is 0 Å². The molecule has 0 saturated heterocycles. The lowest BCUT2D eigenvalue weighted by Gasteiger charge is -2.38. The van der Waals surface area contributed by atoms with Gasteiger partial charge in [0.1, 0.15) is 6.04 Å². The third-order valence-electron chi connectivity index (χ3n) is 6.87. The molecule has 0 aromatic rings. The molecule has 0 radical (unpaired) electrons. The molecule has 1 aliphatic rings. The molecule has 0 bridgehead atoms. The average Bonchev–Trinajstić information content (AvgIpc) is 3.26. The summed E-state index contributed by atoms with van der Waals surface area (Å²) in [5.74, 6) is -1.15. The first kappa shape index (κ1) is 28.1. The van der Waals surface area contributed by atoms with E-state index in [0.717, 1.165) is 25.7 Å². The van der Waals surface area contributed by atoms with Gasteiger partial charge in [0.15, 0.2) is 0 Å². The van der Waals surface area contributed by atoms with Crippen LogP contribution in [0.4, 0.5) is 0 Å². The molecule has 1 fully saturated rings. The van der Waals surface area contributed by atoms with Crippen molar-refractivity contribution in [2.24, 2.45) is 11.8 Å². The molecule has 0 heterocycles. The summed E-state index contributed by atoms with van der Waals surface area (Å²) in [6, 6.07) is -0.838. The highest BCUT2D eigenvalue weighted by Crippen LogP contribution is 2.30. The van der Waals surface area contributed by atoms with Crippen molar-refractivity contribution in [3.05, 3.63) is 11.6 Å². The average molecular weight is 452 g/mol. The Morgan fingerprint density at radius 1 is 1.09 bits per heavy atom. The Labute approximate surface area is 194 Å². The molecule has 32 heavy (non-hydrogen) atoms. The van der Waals surface area contributed by atoms with E-state index < -0.39 is 17.6 Å². The van der Waals surface area contributed by atoms with Crippen molar-refractivity contribution >= 4 is 17.8 Å². The summed E-state index contributed by atoms with van der Waals surface area (Å²) in [6.45, 7) is 13.5. The largest absolute Gasteiger partial charge is 0.478 e. The first-order valence-corrected chi connectivity index (χ1v) is 12.2. The molecule has 0 aliphatic heterocycles. The zero-order valence-electron chi connectivity index (χ0n) is 21.3. The van der Waals surface area contributed by atoms with Crippen molar-refractivity contribution < 1.29 is 19.5 Å². The van der Waals surface area contributed by atoms with E-state index in [9.17, 15) is 19.5 Å². The van der Waals surface area contributed by atoms with Crippen molar-refractivity contribution in [1.82, 2.24) is 15.5 Å². The maximum Gasteiger partial charge on any atom is 0.331 e. The smallest absolute Gasteiger partial charge is 0.331 e. The van der Waals surface area contributed by atoms with Gasteiger partial charge < -0.3 is 20.6 Å². The number of carboxylic acids is 1. The van der Waals surface area contributed by atoms with E-state index in [1.54, 1.807) is 24.9 Å². The van der Waals surface area contributed by atoms with Gasteiger partial charge in [-0.1, -0.05) is 46.6 Å². The molecule has 2 atom stereocenters. The van der Waals surface area contributed by atoms with Crippen LogP contribution < -0.4 is 10.6 Å². The lowest BCUT2D eigenvalue weighted by Crippen LogP contribution is -2.63. The van der Waals surface area contributed by atoms with Crippen LogP contribution in [0.25, 0.3) is 0 Å². The van der Waals surface area contributed by atoms with E-state index in [-0.39, 0.29) is 41.3 Å². The highest BCUT2D eigenvalue weighted by molar-refractivity contribution is 5.92. The molecule has 1 aliphatic carbocycles. The van der Waals surface area contributed by atoms with Crippen LogP contribution in [0.15, 0.2) is 11.6 Å². The van der Waals surface area contributed by atoms with Gasteiger partial charge in [0, 0.05) is 18.7 Å². The van der Waals surface area contributed by atoms with Crippen molar-refractivity contribution in [3.63, 3.8) is 0 Å². The number of aliphatic carboxylic acids is 1. The van der Waals surface area contributed by atoms with Gasteiger partial charge in [0.05, 0.1) is 11.6 Å². The maximum absolute atomic E-state index is 13.7. The highest BCUT2D eigenvalue weighted by atomic mass is 16.4. The number of carboxylic acid groups (broad SMARTS) is 1. The zero-order chi connectivity index (χ0) is 24.6. The third-order valence-corrected chi connectivity index (χ3v) is 6.87. The number of likely N-dealkylation sites (N-methyl/N-ethyl adjacent to an activating group) is 1. The van der Waals surface area contributed by atoms with Crippen LogP contribution in [0.1, 0.15) is 87.0 Å². The fourth-order valence-electron chi connectivity index (χ4n) is 4.79. The Morgan fingerprint density at radius 3 is 2.03 bits per heavy atom. The second-order valence-electron chi connectivity index (χ2n) is 9.92. The van der Waals surface area contributed by atoms with Gasteiger partial charge in [0.25, 0.3) is 0 Å². The standard InChI is InChI=1S/C25H45N3O4/c1-9-25(10-2,27-17(5)6)24(32)26-21(19-13-11-12-14-19)22(29)28(8)20(16(3)4)15-18(7)23(30)31/h15-17,19-21,27H,9-14H2,1-8H3,(H,26,32)(H,30,31)/b18-15+/t20-,21?/m1/s1. The summed E-state index contributed by atoms with van der Waals surface area (Å²) in [7, 11) is 1.71. The molecule has 1 unspecified atom stereocenters. The van der Waals surface area contributed by atoms with Crippen LogP contribution in [0, 0.1) is 11.8 Å². The molecule has 7 heteroatoms. The van der Waals surface area contributed by atoms with Gasteiger partial charge in [-0.05, 0) is 58.3 Å². The van der Waals surface area contributed by atoms with E-state index in [0.29, 0.717) is 12.8 Å². The molecule has 1 rings (SSSR count). The van der Waals surface area contributed by atoms with Crippen LogP contribution in [-0.4, -0.2) is 58.5 Å². The number of hydrogen-bond donors (Lipinski definition) is 3. The third kappa shape index (κ3) is 7.06. The van der Waals surface area contributed by atoms with E-state index in [1.165, 1.54) is 0 Å². The van der Waals surface area contributed by atoms with E-state index in [2.05, 4.69) is 10.6 Å². The molecule has 0 spiro atoms. The van der Waals surface area contributed by atoms with Crippen molar-refractivity contribution in [2.45, 2.75) is 111 Å². The summed E-state index contributed by atoms with van der Waals surface area (Å²) in [5, 5.41) is 15.9. The number of carbonyl (C=O) groups is 3. The Balaban J connectivity index is 3.25. The Bertz CT molecular complexity index is 677. The van der Waals surface area contributed by atoms with E-state index in [4.69, 9.17) is 0 Å². The van der Waals surface area contributed by atoms with Crippen LogP contribution in [-0.2, 0) is 14.4 Å². The summed E-state index contributed by atoms with van der Waals surface area (Å²) in [6.07, 6.45) is 6.82. The molecule has 1 saturated carbocycles. The monoisotopic (exact) mass is 451 g/mol. The second kappa shape index (κ2) is 12.4. The van der Waals surface area contributed by atoms with Gasteiger partial charge in [-0.25, -0.2) is 4.79 Å². The second-order valence-corrected chi connectivity index (χ2v) is 9.92. The van der Waals surface area contributed by atoms with Gasteiger partial charge in [-0.3, -0.25) is 9.59 Å². The first-order valence-electron chi connectivity index (χ1n) is 12.2. The van der Waals surface area contributed by atoms with Crippen molar-refractivity contribution in [1.29, 1.82) is 0 Å². The molecular formula is C25H45N3O4. The Morgan fingerprint density at radius 2 is 1.62 bits per heavy atom. The zero-order valence-corrected chi connectivity index (χ0v) is 21.3. The first-order chi connectivity index (χ1) is 14.9. The summed E-state index contributed by atoms with van der Waals surface area (Å²) in [4.78, 5) is 40.2. The number of hydrogen-bond acceptors (Lipinski definition) is 4. The molecule has 7 nitrogen and oxygen atoms in total. The lowest BCUT2D eigenvalue weighted by atomic mass is 9.88. The van der Waals surface area contributed by atoms with Gasteiger partial charge >= 0.3 is 5.97 Å². The number of rotatable bonds is 12. The fourth-order valence-corrected chi connectivity index (χ4v) is 4.79. The Hall–Kier alpha value is -1.89. The molecule has 2 amide bonds. The molecule has 3 N–H and O–H groups in total. The van der Waals surface area contributed by atoms with Crippen LogP contribution >= 0.6 is 0 Å². The SMILES string of the molecule is CCC(CC)(NC(C)C)C(=O)NC(C(=O)N(C)[C@H](/C=C(\C)C(=O)O)C(C)C)C1CCCC1. The molecular weight excluding hydrogens is 406 g/mol. The topological polar surface area (TPSA) is 98.7 Å². The normalized spacial score (nSPS) is 17.5. The minimum Gasteiger partial charge on any atom is -0.478 e. The molecule has 0 aromatic carbocycles. The fraction of sp³-hybridized carbons (Fsp3) is 0.800. The van der Waals surface area contributed by atoms with Gasteiger partial charge in [-0.15, -0.1) is 0 Å². The minimum atomic E-state index is -0.993. The number of carbonyl (C=O) groups excluding carboxylic acids is 2.